The van der Waals surface area contributed by atoms with Gasteiger partial charge in [0.15, 0.2) is 5.96 Å². The van der Waals surface area contributed by atoms with E-state index < -0.39 is 0 Å². The molecule has 0 aromatic carbocycles. The van der Waals surface area contributed by atoms with Gasteiger partial charge in [-0.25, -0.2) is 4.99 Å². The number of hydrogen-bond acceptors (Lipinski definition) is 2. The molecule has 0 aliphatic heterocycles. The predicted molar refractivity (Wildman–Crippen MR) is 92.1 cm³/mol. The Morgan fingerprint density at radius 2 is 2.00 bits per heavy atom. The minimum absolute atomic E-state index is 0. The van der Waals surface area contributed by atoms with E-state index in [2.05, 4.69) is 36.1 Å². The number of carbonyl (C=O) groups excluding carboxylic acids is 1. The first-order valence-electron chi connectivity index (χ1n) is 6.30. The van der Waals surface area contributed by atoms with Crippen molar-refractivity contribution in [2.45, 2.75) is 20.3 Å². The van der Waals surface area contributed by atoms with Gasteiger partial charge in [0.25, 0.3) is 0 Å². The van der Waals surface area contributed by atoms with Crippen LogP contribution in [0.15, 0.2) is 17.6 Å². The molecule has 112 valence electrons. The number of aliphatic imine (C=N–C) groups is 1. The zero-order chi connectivity index (χ0) is 14.0. The average molecular weight is 382 g/mol. The lowest BCUT2D eigenvalue weighted by molar-refractivity contribution is -0.127. The van der Waals surface area contributed by atoms with Gasteiger partial charge in [0, 0.05) is 27.2 Å². The normalized spacial score (nSPS) is 10.7. The Labute approximate surface area is 133 Å². The Balaban J connectivity index is 0. The third-order valence-electron chi connectivity index (χ3n) is 2.30. The standard InChI is InChI=1S/C13H26N4O.HI/c1-6-8-14-13(15-9-7-11(2)3)16-10-12(18)17(4)5;/h6,11H,1,7-10H2,2-5H3,(H2,14,15,16);1H. The van der Waals surface area contributed by atoms with Gasteiger partial charge in [-0.15, -0.1) is 30.6 Å². The fourth-order valence-corrected chi connectivity index (χ4v) is 1.11. The second-order valence-electron chi connectivity index (χ2n) is 4.73. The van der Waals surface area contributed by atoms with Gasteiger partial charge in [0.1, 0.15) is 6.54 Å². The van der Waals surface area contributed by atoms with Crippen LogP contribution >= 0.6 is 24.0 Å². The number of nitrogens with one attached hydrogen (secondary N) is 2. The number of amides is 1. The highest BCUT2D eigenvalue weighted by Gasteiger charge is 2.04. The van der Waals surface area contributed by atoms with Crippen molar-refractivity contribution in [1.29, 1.82) is 0 Å². The molecule has 1 amide bonds. The molecule has 0 saturated carbocycles. The lowest BCUT2D eigenvalue weighted by Gasteiger charge is -2.13. The number of halogens is 1. The lowest BCUT2D eigenvalue weighted by Crippen LogP contribution is -2.39. The van der Waals surface area contributed by atoms with Crippen LogP contribution in [-0.4, -0.2) is 50.5 Å². The predicted octanol–water partition coefficient (Wildman–Crippen LogP) is 1.46. The fraction of sp³-hybridized carbons (Fsp3) is 0.692. The summed E-state index contributed by atoms with van der Waals surface area (Å²) in [4.78, 5) is 17.2. The summed E-state index contributed by atoms with van der Waals surface area (Å²) in [5, 5.41) is 6.29. The summed E-state index contributed by atoms with van der Waals surface area (Å²) in [7, 11) is 3.45. The van der Waals surface area contributed by atoms with Crippen LogP contribution in [-0.2, 0) is 4.79 Å². The second-order valence-corrected chi connectivity index (χ2v) is 4.73. The van der Waals surface area contributed by atoms with Crippen molar-refractivity contribution < 1.29 is 4.79 Å². The zero-order valence-electron chi connectivity index (χ0n) is 12.4. The largest absolute Gasteiger partial charge is 0.356 e. The highest BCUT2D eigenvalue weighted by atomic mass is 127. The van der Waals surface area contributed by atoms with E-state index in [0.717, 1.165) is 13.0 Å². The molecule has 0 aromatic rings. The number of likely N-dealkylation sites (N-methyl/N-ethyl adjacent to an activating group) is 1. The van der Waals surface area contributed by atoms with Crippen LogP contribution in [0.25, 0.3) is 0 Å². The van der Waals surface area contributed by atoms with Crippen LogP contribution < -0.4 is 10.6 Å². The Kier molecular flexibility index (Phi) is 13.2. The van der Waals surface area contributed by atoms with E-state index in [9.17, 15) is 4.79 Å². The van der Waals surface area contributed by atoms with Gasteiger partial charge in [-0.05, 0) is 12.3 Å². The molecule has 0 aliphatic carbocycles. The molecule has 0 aliphatic rings. The Bertz CT molecular complexity index is 290. The monoisotopic (exact) mass is 382 g/mol. The quantitative estimate of drug-likeness (QED) is 0.303. The molecule has 0 unspecified atom stereocenters. The third-order valence-corrected chi connectivity index (χ3v) is 2.30. The van der Waals surface area contributed by atoms with Gasteiger partial charge in [-0.2, -0.15) is 0 Å². The van der Waals surface area contributed by atoms with Crippen LogP contribution in [0, 0.1) is 5.92 Å². The van der Waals surface area contributed by atoms with E-state index in [1.807, 2.05) is 0 Å². The van der Waals surface area contributed by atoms with Gasteiger partial charge in [-0.3, -0.25) is 4.79 Å². The van der Waals surface area contributed by atoms with E-state index in [4.69, 9.17) is 0 Å². The molecular formula is C13H27IN4O. The van der Waals surface area contributed by atoms with Crippen molar-refractivity contribution in [2.24, 2.45) is 10.9 Å². The van der Waals surface area contributed by atoms with Crippen molar-refractivity contribution in [3.05, 3.63) is 12.7 Å². The molecule has 0 saturated heterocycles. The first-order valence-corrected chi connectivity index (χ1v) is 6.30. The van der Waals surface area contributed by atoms with Gasteiger partial charge >= 0.3 is 0 Å². The number of nitrogens with zero attached hydrogens (tertiary/aromatic N) is 2. The summed E-state index contributed by atoms with van der Waals surface area (Å²) in [6.07, 6.45) is 2.82. The summed E-state index contributed by atoms with van der Waals surface area (Å²) in [6, 6.07) is 0. The van der Waals surface area contributed by atoms with Crippen LogP contribution in [0.2, 0.25) is 0 Å². The summed E-state index contributed by atoms with van der Waals surface area (Å²) in [5.41, 5.74) is 0. The second kappa shape index (κ2) is 12.3. The average Bonchev–Trinajstić information content (AvgIpc) is 2.30. The van der Waals surface area contributed by atoms with E-state index in [-0.39, 0.29) is 36.4 Å². The molecule has 19 heavy (non-hydrogen) atoms. The van der Waals surface area contributed by atoms with Crippen molar-refractivity contribution in [1.82, 2.24) is 15.5 Å². The Morgan fingerprint density at radius 3 is 2.47 bits per heavy atom. The van der Waals surface area contributed by atoms with Crippen LogP contribution in [0.5, 0.6) is 0 Å². The smallest absolute Gasteiger partial charge is 0.243 e. The highest BCUT2D eigenvalue weighted by molar-refractivity contribution is 14.0. The molecule has 0 spiro atoms. The minimum Gasteiger partial charge on any atom is -0.356 e. The van der Waals surface area contributed by atoms with Crippen molar-refractivity contribution in [3.63, 3.8) is 0 Å². The summed E-state index contributed by atoms with van der Waals surface area (Å²) < 4.78 is 0. The maximum Gasteiger partial charge on any atom is 0.243 e. The summed E-state index contributed by atoms with van der Waals surface area (Å²) in [5.74, 6) is 1.28. The first kappa shape index (κ1) is 20.5. The van der Waals surface area contributed by atoms with E-state index in [0.29, 0.717) is 18.4 Å². The van der Waals surface area contributed by atoms with Crippen LogP contribution in [0.4, 0.5) is 0 Å². The van der Waals surface area contributed by atoms with Gasteiger partial charge < -0.3 is 15.5 Å². The SMILES string of the molecule is C=CCNC(=NCC(=O)N(C)C)NCCC(C)C.I. The third kappa shape index (κ3) is 12.0. The molecule has 5 nitrogen and oxygen atoms in total. The van der Waals surface area contributed by atoms with Gasteiger partial charge in [0.05, 0.1) is 0 Å². The van der Waals surface area contributed by atoms with Crippen molar-refractivity contribution >= 4 is 35.8 Å². The van der Waals surface area contributed by atoms with Crippen molar-refractivity contribution in [3.8, 4) is 0 Å². The van der Waals surface area contributed by atoms with Crippen LogP contribution in [0.3, 0.4) is 0 Å². The van der Waals surface area contributed by atoms with E-state index in [1.165, 1.54) is 4.90 Å². The molecule has 6 heteroatoms. The van der Waals surface area contributed by atoms with E-state index in [1.54, 1.807) is 20.2 Å². The van der Waals surface area contributed by atoms with Crippen molar-refractivity contribution in [2.75, 3.05) is 33.7 Å². The number of rotatable bonds is 7. The Morgan fingerprint density at radius 1 is 1.37 bits per heavy atom. The molecule has 0 radical (unpaired) electrons. The molecule has 0 atom stereocenters. The topological polar surface area (TPSA) is 56.7 Å². The zero-order valence-corrected chi connectivity index (χ0v) is 14.7. The molecule has 0 rings (SSSR count). The number of guanidine groups is 1. The molecule has 0 bridgehead atoms. The molecular weight excluding hydrogens is 355 g/mol. The summed E-state index contributed by atoms with van der Waals surface area (Å²) in [6.45, 7) is 9.61. The van der Waals surface area contributed by atoms with Gasteiger partial charge in [0.2, 0.25) is 5.91 Å². The first-order chi connectivity index (χ1) is 8.47. The molecule has 0 heterocycles. The molecule has 0 aromatic heterocycles. The fourth-order valence-electron chi connectivity index (χ4n) is 1.11. The minimum atomic E-state index is -0.0152. The number of carbonyl (C=O) groups is 1. The summed E-state index contributed by atoms with van der Waals surface area (Å²) >= 11 is 0. The van der Waals surface area contributed by atoms with Gasteiger partial charge in [-0.1, -0.05) is 19.9 Å². The molecule has 0 fully saturated rings. The van der Waals surface area contributed by atoms with Crippen LogP contribution in [0.1, 0.15) is 20.3 Å². The Hall–Kier alpha value is -0.790. The lowest BCUT2D eigenvalue weighted by atomic mass is 10.1. The maximum absolute atomic E-state index is 11.4. The maximum atomic E-state index is 11.4. The van der Waals surface area contributed by atoms with E-state index >= 15 is 0 Å². The highest BCUT2D eigenvalue weighted by Crippen LogP contribution is 1.96. The number of hydrogen-bond donors (Lipinski definition) is 2. The molecule has 2 N–H and O–H groups in total.